The van der Waals surface area contributed by atoms with Gasteiger partial charge in [-0.2, -0.15) is 5.10 Å². The third-order valence-corrected chi connectivity index (χ3v) is 4.13. The van der Waals surface area contributed by atoms with Crippen molar-refractivity contribution in [2.45, 2.75) is 32.6 Å². The Hall–Kier alpha value is -1.07. The normalized spacial score (nSPS) is 16.7. The molecule has 6 heteroatoms. The van der Waals surface area contributed by atoms with Gasteiger partial charge in [0, 0.05) is 19.0 Å². The van der Waals surface area contributed by atoms with Crippen LogP contribution in [0.5, 0.6) is 0 Å². The first-order valence-electron chi connectivity index (χ1n) is 6.51. The average Bonchev–Trinajstić information content (AvgIpc) is 3.09. The minimum absolute atomic E-state index is 0.109. The topological polar surface area (TPSA) is 67.2 Å². The summed E-state index contributed by atoms with van der Waals surface area (Å²) in [5.41, 5.74) is 1.05. The van der Waals surface area contributed by atoms with E-state index < -0.39 is 0 Å². The molecule has 5 nitrogen and oxygen atoms in total. The minimum Gasteiger partial charge on any atom is -0.396 e. The van der Waals surface area contributed by atoms with Gasteiger partial charge < -0.3 is 10.4 Å². The standard InChI is InChI=1S/C13H20ClN3O2/c1-8(2)10-9(11(14)17(3)16-10)12(19)15-6-13(7-18)4-5-13/h8,18H,4-7H2,1-3H3,(H,15,19). The fourth-order valence-electron chi connectivity index (χ4n) is 2.06. The monoisotopic (exact) mass is 285 g/mol. The number of nitrogens with one attached hydrogen (secondary N) is 1. The summed E-state index contributed by atoms with van der Waals surface area (Å²) in [5.74, 6) is -0.0753. The summed E-state index contributed by atoms with van der Waals surface area (Å²) < 4.78 is 1.52. The Balaban J connectivity index is 2.14. The molecule has 2 N–H and O–H groups in total. The van der Waals surface area contributed by atoms with E-state index in [4.69, 9.17) is 11.6 Å². The lowest BCUT2D eigenvalue weighted by atomic mass is 10.1. The SMILES string of the molecule is CC(C)c1nn(C)c(Cl)c1C(=O)NCC1(CO)CC1. The van der Waals surface area contributed by atoms with Crippen molar-refractivity contribution in [3.05, 3.63) is 16.4 Å². The van der Waals surface area contributed by atoms with Crippen LogP contribution in [0.4, 0.5) is 0 Å². The third-order valence-electron chi connectivity index (χ3n) is 3.69. The highest BCUT2D eigenvalue weighted by atomic mass is 35.5. The molecule has 0 saturated heterocycles. The van der Waals surface area contributed by atoms with Gasteiger partial charge in [0.15, 0.2) is 0 Å². The Morgan fingerprint density at radius 2 is 2.21 bits per heavy atom. The van der Waals surface area contributed by atoms with Gasteiger partial charge in [-0.3, -0.25) is 9.48 Å². The number of halogens is 1. The quantitative estimate of drug-likeness (QED) is 0.865. The van der Waals surface area contributed by atoms with Crippen molar-refractivity contribution < 1.29 is 9.90 Å². The van der Waals surface area contributed by atoms with Crippen LogP contribution in [-0.4, -0.2) is 33.9 Å². The van der Waals surface area contributed by atoms with Gasteiger partial charge in [-0.05, 0) is 18.8 Å². The maximum absolute atomic E-state index is 12.3. The summed E-state index contributed by atoms with van der Waals surface area (Å²) in [4.78, 5) is 12.3. The van der Waals surface area contributed by atoms with E-state index in [2.05, 4.69) is 10.4 Å². The highest BCUT2D eigenvalue weighted by Crippen LogP contribution is 2.44. The summed E-state index contributed by atoms with van der Waals surface area (Å²) in [6.45, 7) is 4.56. The second-order valence-electron chi connectivity index (χ2n) is 5.67. The predicted molar refractivity (Wildman–Crippen MR) is 73.4 cm³/mol. The molecular formula is C13H20ClN3O2. The third kappa shape index (κ3) is 2.77. The molecule has 0 unspecified atom stereocenters. The molecule has 1 aliphatic carbocycles. The molecule has 0 bridgehead atoms. The van der Waals surface area contributed by atoms with E-state index in [1.54, 1.807) is 7.05 Å². The van der Waals surface area contributed by atoms with E-state index >= 15 is 0 Å². The lowest BCUT2D eigenvalue weighted by molar-refractivity contribution is 0.0934. The number of hydrogen-bond acceptors (Lipinski definition) is 3. The number of aromatic nitrogens is 2. The second-order valence-corrected chi connectivity index (χ2v) is 6.03. The average molecular weight is 286 g/mol. The number of aryl methyl sites for hydroxylation is 1. The molecule has 1 aliphatic rings. The molecule has 1 saturated carbocycles. The number of aliphatic hydroxyl groups excluding tert-OH is 1. The molecule has 0 atom stereocenters. The van der Waals surface area contributed by atoms with E-state index in [9.17, 15) is 9.90 Å². The van der Waals surface area contributed by atoms with Gasteiger partial charge in [0.05, 0.1) is 17.9 Å². The first-order valence-corrected chi connectivity index (χ1v) is 6.89. The van der Waals surface area contributed by atoms with Crippen LogP contribution in [0.25, 0.3) is 0 Å². The Labute approximate surface area is 117 Å². The molecule has 1 fully saturated rings. The van der Waals surface area contributed by atoms with Crippen molar-refractivity contribution in [3.63, 3.8) is 0 Å². The van der Waals surface area contributed by atoms with Crippen LogP contribution in [0.15, 0.2) is 0 Å². The minimum atomic E-state index is -0.207. The summed E-state index contributed by atoms with van der Waals surface area (Å²) in [6.07, 6.45) is 1.92. The maximum Gasteiger partial charge on any atom is 0.256 e. The molecule has 2 rings (SSSR count). The molecule has 0 spiro atoms. The van der Waals surface area contributed by atoms with Crippen molar-refractivity contribution in [3.8, 4) is 0 Å². The molecule has 0 aromatic carbocycles. The van der Waals surface area contributed by atoms with Gasteiger partial charge in [0.25, 0.3) is 5.91 Å². The second kappa shape index (κ2) is 5.13. The number of nitrogens with zero attached hydrogens (tertiary/aromatic N) is 2. The van der Waals surface area contributed by atoms with Crippen molar-refractivity contribution >= 4 is 17.5 Å². The molecule has 106 valence electrons. The first-order chi connectivity index (χ1) is 8.90. The predicted octanol–water partition coefficient (Wildman–Crippen LogP) is 1.70. The lowest BCUT2D eigenvalue weighted by Crippen LogP contribution is -2.32. The van der Waals surface area contributed by atoms with Crippen LogP contribution in [0.2, 0.25) is 5.15 Å². The number of rotatable bonds is 5. The summed E-state index contributed by atoms with van der Waals surface area (Å²) in [5, 5.41) is 16.8. The smallest absolute Gasteiger partial charge is 0.256 e. The van der Waals surface area contributed by atoms with Crippen LogP contribution in [0.3, 0.4) is 0 Å². The molecule has 1 aromatic rings. The van der Waals surface area contributed by atoms with Gasteiger partial charge >= 0.3 is 0 Å². The van der Waals surface area contributed by atoms with E-state index in [-0.39, 0.29) is 23.8 Å². The summed E-state index contributed by atoms with van der Waals surface area (Å²) in [6, 6.07) is 0. The van der Waals surface area contributed by atoms with Crippen LogP contribution in [-0.2, 0) is 7.05 Å². The number of aliphatic hydroxyl groups is 1. The lowest BCUT2D eigenvalue weighted by Gasteiger charge is -2.13. The molecule has 1 aromatic heterocycles. The zero-order valence-electron chi connectivity index (χ0n) is 11.5. The van der Waals surface area contributed by atoms with Crippen LogP contribution >= 0.6 is 11.6 Å². The van der Waals surface area contributed by atoms with Gasteiger partial charge in [0.2, 0.25) is 0 Å². The van der Waals surface area contributed by atoms with Gasteiger partial charge in [-0.1, -0.05) is 25.4 Å². The fraction of sp³-hybridized carbons (Fsp3) is 0.692. The molecular weight excluding hydrogens is 266 g/mol. The van der Waals surface area contributed by atoms with Crippen molar-refractivity contribution in [2.24, 2.45) is 12.5 Å². The Morgan fingerprint density at radius 3 is 2.68 bits per heavy atom. The van der Waals surface area contributed by atoms with Gasteiger partial charge in [-0.25, -0.2) is 0 Å². The van der Waals surface area contributed by atoms with E-state index in [1.165, 1.54) is 4.68 Å². The molecule has 19 heavy (non-hydrogen) atoms. The highest BCUT2D eigenvalue weighted by molar-refractivity contribution is 6.33. The maximum atomic E-state index is 12.3. The number of carbonyl (C=O) groups is 1. The zero-order valence-corrected chi connectivity index (χ0v) is 12.3. The van der Waals surface area contributed by atoms with Gasteiger partial charge in [-0.15, -0.1) is 0 Å². The molecule has 1 amide bonds. The Morgan fingerprint density at radius 1 is 1.58 bits per heavy atom. The Bertz CT molecular complexity index is 492. The number of amides is 1. The number of hydrogen-bond donors (Lipinski definition) is 2. The molecule has 0 radical (unpaired) electrons. The van der Waals surface area contributed by atoms with Gasteiger partial charge in [0.1, 0.15) is 5.15 Å². The molecule has 1 heterocycles. The fourth-order valence-corrected chi connectivity index (χ4v) is 2.28. The first kappa shape index (κ1) is 14.3. The molecule has 0 aliphatic heterocycles. The van der Waals surface area contributed by atoms with Crippen molar-refractivity contribution in [1.82, 2.24) is 15.1 Å². The van der Waals surface area contributed by atoms with E-state index in [1.807, 2.05) is 13.8 Å². The van der Waals surface area contributed by atoms with E-state index in [0.29, 0.717) is 23.0 Å². The zero-order chi connectivity index (χ0) is 14.2. The highest BCUT2D eigenvalue weighted by Gasteiger charge is 2.42. The number of carbonyl (C=O) groups excluding carboxylic acids is 1. The van der Waals surface area contributed by atoms with Crippen LogP contribution in [0.1, 0.15) is 48.7 Å². The summed E-state index contributed by atoms with van der Waals surface area (Å²) >= 11 is 6.14. The Kier molecular flexibility index (Phi) is 3.87. The van der Waals surface area contributed by atoms with Crippen LogP contribution < -0.4 is 5.32 Å². The van der Waals surface area contributed by atoms with Crippen molar-refractivity contribution in [2.75, 3.05) is 13.2 Å². The largest absolute Gasteiger partial charge is 0.396 e. The van der Waals surface area contributed by atoms with Crippen LogP contribution in [0, 0.1) is 5.41 Å². The van der Waals surface area contributed by atoms with Crippen molar-refractivity contribution in [1.29, 1.82) is 0 Å². The summed E-state index contributed by atoms with van der Waals surface area (Å²) in [7, 11) is 1.72. The van der Waals surface area contributed by atoms with E-state index in [0.717, 1.165) is 12.8 Å².